The van der Waals surface area contributed by atoms with E-state index in [4.69, 9.17) is 5.11 Å². The standard InChI is InChI=1S/C14H16N2O4/c1-9-7-10(4-5-11(9)14(19)20)15-12(17)8-16-6-2-3-13(16)18/h4-5,7H,2-3,6,8H2,1H3,(H,15,17)(H,19,20). The molecule has 0 unspecified atom stereocenters. The fraction of sp³-hybridized carbons (Fsp3) is 0.357. The first-order valence-corrected chi connectivity index (χ1v) is 6.39. The van der Waals surface area contributed by atoms with Crippen molar-refractivity contribution in [3.8, 4) is 0 Å². The van der Waals surface area contributed by atoms with E-state index < -0.39 is 5.97 Å². The summed E-state index contributed by atoms with van der Waals surface area (Å²) in [6, 6.07) is 4.60. The van der Waals surface area contributed by atoms with Crippen molar-refractivity contribution in [1.29, 1.82) is 0 Å². The van der Waals surface area contributed by atoms with Crippen molar-refractivity contribution >= 4 is 23.5 Å². The van der Waals surface area contributed by atoms with Crippen LogP contribution >= 0.6 is 0 Å². The van der Waals surface area contributed by atoms with Crippen LogP contribution < -0.4 is 5.32 Å². The molecule has 1 aromatic carbocycles. The van der Waals surface area contributed by atoms with Crippen LogP contribution in [0.25, 0.3) is 0 Å². The Labute approximate surface area is 116 Å². The van der Waals surface area contributed by atoms with Gasteiger partial charge < -0.3 is 15.3 Å². The number of carboxylic acid groups (broad SMARTS) is 1. The zero-order valence-electron chi connectivity index (χ0n) is 11.2. The minimum absolute atomic E-state index is 0.00226. The second kappa shape index (κ2) is 5.73. The lowest BCUT2D eigenvalue weighted by atomic mass is 10.1. The Kier molecular flexibility index (Phi) is 4.02. The number of carbonyl (C=O) groups excluding carboxylic acids is 2. The second-order valence-corrected chi connectivity index (χ2v) is 4.80. The van der Waals surface area contributed by atoms with Gasteiger partial charge in [-0.05, 0) is 37.1 Å². The van der Waals surface area contributed by atoms with Crippen LogP contribution in [0.2, 0.25) is 0 Å². The average molecular weight is 276 g/mol. The van der Waals surface area contributed by atoms with Crippen LogP contribution in [0.4, 0.5) is 5.69 Å². The van der Waals surface area contributed by atoms with E-state index in [-0.39, 0.29) is 23.9 Å². The van der Waals surface area contributed by atoms with Gasteiger partial charge in [-0.15, -0.1) is 0 Å². The SMILES string of the molecule is Cc1cc(NC(=O)CN2CCCC2=O)ccc1C(=O)O. The molecule has 6 heteroatoms. The third kappa shape index (κ3) is 3.14. The van der Waals surface area contributed by atoms with Gasteiger partial charge in [0.2, 0.25) is 11.8 Å². The normalized spacial score (nSPS) is 14.4. The number of carbonyl (C=O) groups is 3. The lowest BCUT2D eigenvalue weighted by molar-refractivity contribution is -0.131. The van der Waals surface area contributed by atoms with Crippen molar-refractivity contribution in [2.45, 2.75) is 19.8 Å². The molecule has 0 aromatic heterocycles. The number of nitrogens with zero attached hydrogens (tertiary/aromatic N) is 1. The van der Waals surface area contributed by atoms with Gasteiger partial charge in [-0.1, -0.05) is 0 Å². The Hall–Kier alpha value is -2.37. The van der Waals surface area contributed by atoms with Gasteiger partial charge in [-0.3, -0.25) is 9.59 Å². The topological polar surface area (TPSA) is 86.7 Å². The second-order valence-electron chi connectivity index (χ2n) is 4.80. The van der Waals surface area contributed by atoms with E-state index in [0.29, 0.717) is 24.2 Å². The summed E-state index contributed by atoms with van der Waals surface area (Å²) >= 11 is 0. The summed E-state index contributed by atoms with van der Waals surface area (Å²) in [7, 11) is 0. The first kappa shape index (κ1) is 14.0. The third-order valence-corrected chi connectivity index (χ3v) is 3.25. The first-order valence-electron chi connectivity index (χ1n) is 6.39. The molecular weight excluding hydrogens is 260 g/mol. The van der Waals surface area contributed by atoms with E-state index in [1.54, 1.807) is 19.1 Å². The lowest BCUT2D eigenvalue weighted by Gasteiger charge is -2.15. The largest absolute Gasteiger partial charge is 0.478 e. The molecule has 2 rings (SSSR count). The molecule has 0 saturated carbocycles. The van der Waals surface area contributed by atoms with Crippen molar-refractivity contribution in [1.82, 2.24) is 4.90 Å². The molecule has 0 radical (unpaired) electrons. The third-order valence-electron chi connectivity index (χ3n) is 3.25. The number of carboxylic acids is 1. The highest BCUT2D eigenvalue weighted by atomic mass is 16.4. The Balaban J connectivity index is 1.99. The molecule has 1 aromatic rings. The summed E-state index contributed by atoms with van der Waals surface area (Å²) < 4.78 is 0. The van der Waals surface area contributed by atoms with Gasteiger partial charge in [0.25, 0.3) is 0 Å². The molecule has 2 N–H and O–H groups in total. The van der Waals surface area contributed by atoms with E-state index in [0.717, 1.165) is 6.42 Å². The highest BCUT2D eigenvalue weighted by molar-refractivity contribution is 5.96. The number of anilines is 1. The summed E-state index contributed by atoms with van der Waals surface area (Å²) in [5.41, 5.74) is 1.31. The molecular formula is C14H16N2O4. The molecule has 1 heterocycles. The molecule has 20 heavy (non-hydrogen) atoms. The molecule has 6 nitrogen and oxygen atoms in total. The molecule has 2 amide bonds. The minimum Gasteiger partial charge on any atom is -0.478 e. The van der Waals surface area contributed by atoms with Crippen LogP contribution in [-0.4, -0.2) is 40.9 Å². The molecule has 0 atom stereocenters. The smallest absolute Gasteiger partial charge is 0.335 e. The maximum absolute atomic E-state index is 11.8. The van der Waals surface area contributed by atoms with Gasteiger partial charge in [-0.25, -0.2) is 4.79 Å². The summed E-state index contributed by atoms with van der Waals surface area (Å²) in [5, 5.41) is 11.6. The predicted molar refractivity (Wildman–Crippen MR) is 72.6 cm³/mol. The Morgan fingerprint density at radius 2 is 2.15 bits per heavy atom. The molecule has 1 aliphatic rings. The van der Waals surface area contributed by atoms with E-state index >= 15 is 0 Å². The Morgan fingerprint density at radius 3 is 2.70 bits per heavy atom. The summed E-state index contributed by atoms with van der Waals surface area (Å²) in [6.45, 7) is 2.32. The molecule has 106 valence electrons. The zero-order chi connectivity index (χ0) is 14.7. The fourth-order valence-electron chi connectivity index (χ4n) is 2.23. The molecule has 1 saturated heterocycles. The monoisotopic (exact) mass is 276 g/mol. The van der Waals surface area contributed by atoms with Gasteiger partial charge in [-0.2, -0.15) is 0 Å². The summed E-state index contributed by atoms with van der Waals surface area (Å²) in [5.74, 6) is -1.27. The number of amides is 2. The maximum atomic E-state index is 11.8. The number of likely N-dealkylation sites (tertiary alicyclic amines) is 1. The fourth-order valence-corrected chi connectivity index (χ4v) is 2.23. The van der Waals surface area contributed by atoms with E-state index in [9.17, 15) is 14.4 Å². The summed E-state index contributed by atoms with van der Waals surface area (Å²) in [4.78, 5) is 35.7. The van der Waals surface area contributed by atoms with Gasteiger partial charge in [0.05, 0.1) is 12.1 Å². The van der Waals surface area contributed by atoms with Crippen molar-refractivity contribution in [3.63, 3.8) is 0 Å². The van der Waals surface area contributed by atoms with Gasteiger partial charge in [0.15, 0.2) is 0 Å². The highest BCUT2D eigenvalue weighted by Gasteiger charge is 2.22. The van der Waals surface area contributed by atoms with Crippen molar-refractivity contribution in [2.24, 2.45) is 0 Å². The van der Waals surface area contributed by atoms with Crippen LogP contribution in [0.3, 0.4) is 0 Å². The van der Waals surface area contributed by atoms with Crippen molar-refractivity contribution in [2.75, 3.05) is 18.4 Å². The number of aromatic carboxylic acids is 1. The molecule has 1 fully saturated rings. The van der Waals surface area contributed by atoms with Crippen LogP contribution in [0.1, 0.15) is 28.8 Å². The minimum atomic E-state index is -0.997. The van der Waals surface area contributed by atoms with Gasteiger partial charge >= 0.3 is 5.97 Å². The van der Waals surface area contributed by atoms with Crippen LogP contribution in [0.15, 0.2) is 18.2 Å². The van der Waals surface area contributed by atoms with Crippen LogP contribution in [-0.2, 0) is 9.59 Å². The molecule has 0 spiro atoms. The first-order chi connectivity index (χ1) is 9.47. The lowest BCUT2D eigenvalue weighted by Crippen LogP contribution is -2.33. The quantitative estimate of drug-likeness (QED) is 0.866. The Bertz CT molecular complexity index is 568. The molecule has 0 aliphatic carbocycles. The number of benzene rings is 1. The highest BCUT2D eigenvalue weighted by Crippen LogP contribution is 2.16. The van der Waals surface area contributed by atoms with Crippen LogP contribution in [0, 0.1) is 6.92 Å². The van der Waals surface area contributed by atoms with Crippen molar-refractivity contribution < 1.29 is 19.5 Å². The number of nitrogens with one attached hydrogen (secondary N) is 1. The van der Waals surface area contributed by atoms with Crippen molar-refractivity contribution in [3.05, 3.63) is 29.3 Å². The number of hydrogen-bond donors (Lipinski definition) is 2. The predicted octanol–water partition coefficient (Wildman–Crippen LogP) is 1.25. The van der Waals surface area contributed by atoms with Gasteiger partial charge in [0, 0.05) is 18.7 Å². The molecule has 1 aliphatic heterocycles. The number of hydrogen-bond acceptors (Lipinski definition) is 3. The molecule has 0 bridgehead atoms. The van der Waals surface area contributed by atoms with E-state index in [1.165, 1.54) is 11.0 Å². The van der Waals surface area contributed by atoms with Crippen LogP contribution in [0.5, 0.6) is 0 Å². The Morgan fingerprint density at radius 1 is 1.40 bits per heavy atom. The van der Waals surface area contributed by atoms with E-state index in [1.807, 2.05) is 0 Å². The maximum Gasteiger partial charge on any atom is 0.335 e. The summed E-state index contributed by atoms with van der Waals surface area (Å²) in [6.07, 6.45) is 1.29. The number of rotatable bonds is 4. The zero-order valence-corrected chi connectivity index (χ0v) is 11.2. The van der Waals surface area contributed by atoms with E-state index in [2.05, 4.69) is 5.32 Å². The van der Waals surface area contributed by atoms with Gasteiger partial charge in [0.1, 0.15) is 0 Å². The average Bonchev–Trinajstić information content (AvgIpc) is 2.74. The number of aryl methyl sites for hydroxylation is 1.